The monoisotopic (exact) mass is 352 g/mol. The maximum Gasteiger partial charge on any atom is 0.227 e. The van der Waals surface area contributed by atoms with E-state index in [4.69, 9.17) is 11.6 Å². The van der Waals surface area contributed by atoms with Gasteiger partial charge in [-0.1, -0.05) is 47.7 Å². The minimum atomic E-state index is -0.347. The molecule has 126 valence electrons. The van der Waals surface area contributed by atoms with E-state index in [2.05, 4.69) is 17.2 Å². The zero-order valence-corrected chi connectivity index (χ0v) is 14.3. The number of hydrogen-bond acceptors (Lipinski definition) is 2. The Bertz CT molecular complexity index is 840. The highest BCUT2D eigenvalue weighted by Crippen LogP contribution is 2.24. The molecule has 2 aromatic carbocycles. The van der Waals surface area contributed by atoms with Gasteiger partial charge in [-0.3, -0.25) is 9.59 Å². The van der Waals surface area contributed by atoms with Crippen molar-refractivity contribution in [1.82, 2.24) is 5.32 Å². The predicted octanol–water partition coefficient (Wildman–Crippen LogP) is 2.86. The Hall–Kier alpha value is -2.77. The van der Waals surface area contributed by atoms with Crippen molar-refractivity contribution in [1.29, 1.82) is 0 Å². The molecule has 1 unspecified atom stereocenters. The number of benzene rings is 2. The third kappa shape index (κ3) is 4.40. The second-order valence-corrected chi connectivity index (χ2v) is 6.21. The third-order valence-electron chi connectivity index (χ3n) is 3.97. The number of hydrogen-bond donors (Lipinski definition) is 1. The average molecular weight is 353 g/mol. The van der Waals surface area contributed by atoms with Crippen LogP contribution in [0.5, 0.6) is 0 Å². The minimum absolute atomic E-state index is 0.0311. The van der Waals surface area contributed by atoms with Crippen molar-refractivity contribution >= 4 is 29.1 Å². The fourth-order valence-corrected chi connectivity index (χ4v) is 2.92. The molecule has 2 aromatic rings. The Labute approximate surface area is 151 Å². The summed E-state index contributed by atoms with van der Waals surface area (Å²) in [5.74, 6) is 5.32. The predicted molar refractivity (Wildman–Crippen MR) is 98.2 cm³/mol. The van der Waals surface area contributed by atoms with Gasteiger partial charge in [-0.15, -0.1) is 0 Å². The van der Waals surface area contributed by atoms with E-state index in [9.17, 15) is 9.59 Å². The van der Waals surface area contributed by atoms with Crippen molar-refractivity contribution in [3.63, 3.8) is 0 Å². The van der Waals surface area contributed by atoms with Gasteiger partial charge in [0.15, 0.2) is 0 Å². The van der Waals surface area contributed by atoms with E-state index in [0.717, 1.165) is 11.3 Å². The Morgan fingerprint density at radius 1 is 1.20 bits per heavy atom. The zero-order chi connectivity index (χ0) is 17.6. The SMILES string of the molecule is O=C(NCC#Cc1cccc(Cl)c1)C1CC(=O)N(c2ccccc2)C1. The van der Waals surface area contributed by atoms with E-state index in [-0.39, 0.29) is 30.7 Å². The Morgan fingerprint density at radius 3 is 2.76 bits per heavy atom. The van der Waals surface area contributed by atoms with Gasteiger partial charge >= 0.3 is 0 Å². The second kappa shape index (κ2) is 7.87. The lowest BCUT2D eigenvalue weighted by Gasteiger charge is -2.16. The number of para-hydroxylation sites is 1. The molecule has 3 rings (SSSR count). The molecule has 0 bridgehead atoms. The van der Waals surface area contributed by atoms with Crippen LogP contribution in [0.1, 0.15) is 12.0 Å². The maximum absolute atomic E-state index is 12.3. The molecule has 1 fully saturated rings. The van der Waals surface area contributed by atoms with Gasteiger partial charge in [-0.05, 0) is 30.3 Å². The number of halogens is 1. The first-order valence-electron chi connectivity index (χ1n) is 8.01. The Morgan fingerprint density at radius 2 is 2.00 bits per heavy atom. The van der Waals surface area contributed by atoms with Crippen LogP contribution in [0.3, 0.4) is 0 Å². The molecule has 1 aliphatic heterocycles. The summed E-state index contributed by atoms with van der Waals surface area (Å²) in [7, 11) is 0. The summed E-state index contributed by atoms with van der Waals surface area (Å²) in [6.07, 6.45) is 0.225. The van der Waals surface area contributed by atoms with Crippen LogP contribution in [0.15, 0.2) is 54.6 Å². The molecule has 0 saturated carbocycles. The normalized spacial score (nSPS) is 16.3. The fraction of sp³-hybridized carbons (Fsp3) is 0.200. The maximum atomic E-state index is 12.3. The molecule has 4 nitrogen and oxygen atoms in total. The summed E-state index contributed by atoms with van der Waals surface area (Å²) >= 11 is 5.90. The van der Waals surface area contributed by atoms with Crippen molar-refractivity contribution in [3.05, 3.63) is 65.2 Å². The van der Waals surface area contributed by atoms with Crippen LogP contribution in [-0.4, -0.2) is 24.9 Å². The van der Waals surface area contributed by atoms with Gasteiger partial charge in [-0.2, -0.15) is 0 Å². The molecule has 1 N–H and O–H groups in total. The van der Waals surface area contributed by atoms with Gasteiger partial charge in [0, 0.05) is 29.2 Å². The quantitative estimate of drug-likeness (QED) is 0.863. The highest BCUT2D eigenvalue weighted by atomic mass is 35.5. The van der Waals surface area contributed by atoms with Crippen molar-refractivity contribution < 1.29 is 9.59 Å². The number of rotatable bonds is 3. The number of nitrogens with one attached hydrogen (secondary N) is 1. The lowest BCUT2D eigenvalue weighted by Crippen LogP contribution is -2.33. The van der Waals surface area contributed by atoms with Crippen LogP contribution < -0.4 is 10.2 Å². The number of amides is 2. The number of nitrogens with zero attached hydrogens (tertiary/aromatic N) is 1. The third-order valence-corrected chi connectivity index (χ3v) is 4.21. The molecule has 0 spiro atoms. The first kappa shape index (κ1) is 17.1. The standard InChI is InChI=1S/C20H17ClN2O2/c21-17-8-4-6-15(12-17)7-5-11-22-20(25)16-13-19(24)23(14-16)18-9-2-1-3-10-18/h1-4,6,8-10,12,16H,11,13-14H2,(H,22,25). The number of carbonyl (C=O) groups is 2. The minimum Gasteiger partial charge on any atom is -0.345 e. The molecule has 2 amide bonds. The Balaban J connectivity index is 1.54. The summed E-state index contributed by atoms with van der Waals surface area (Å²) in [4.78, 5) is 26.1. The number of carbonyl (C=O) groups excluding carboxylic acids is 2. The van der Waals surface area contributed by atoms with E-state index in [0.29, 0.717) is 11.6 Å². The summed E-state index contributed by atoms with van der Waals surface area (Å²) < 4.78 is 0. The van der Waals surface area contributed by atoms with Crippen LogP contribution >= 0.6 is 11.6 Å². The van der Waals surface area contributed by atoms with Crippen LogP contribution in [-0.2, 0) is 9.59 Å². The Kier molecular flexibility index (Phi) is 5.37. The molecule has 1 aliphatic rings. The molecule has 25 heavy (non-hydrogen) atoms. The largest absolute Gasteiger partial charge is 0.345 e. The first-order chi connectivity index (χ1) is 12.1. The van der Waals surface area contributed by atoms with Crippen molar-refractivity contribution in [2.24, 2.45) is 5.92 Å². The fourth-order valence-electron chi connectivity index (χ4n) is 2.73. The number of anilines is 1. The van der Waals surface area contributed by atoms with Crippen LogP contribution in [0.25, 0.3) is 0 Å². The average Bonchev–Trinajstić information content (AvgIpc) is 3.01. The van der Waals surface area contributed by atoms with E-state index in [1.165, 1.54) is 0 Å². The summed E-state index contributed by atoms with van der Waals surface area (Å²) in [5, 5.41) is 3.40. The van der Waals surface area contributed by atoms with Crippen LogP contribution in [0, 0.1) is 17.8 Å². The highest BCUT2D eigenvalue weighted by molar-refractivity contribution is 6.30. The molecule has 1 saturated heterocycles. The topological polar surface area (TPSA) is 49.4 Å². The van der Waals surface area contributed by atoms with Crippen molar-refractivity contribution in [2.45, 2.75) is 6.42 Å². The zero-order valence-electron chi connectivity index (χ0n) is 13.5. The highest BCUT2D eigenvalue weighted by Gasteiger charge is 2.34. The molecule has 1 atom stereocenters. The molecule has 0 aromatic heterocycles. The lowest BCUT2D eigenvalue weighted by molar-refractivity contribution is -0.126. The van der Waals surface area contributed by atoms with Gasteiger partial charge in [-0.25, -0.2) is 0 Å². The molecule has 0 radical (unpaired) electrons. The lowest BCUT2D eigenvalue weighted by atomic mass is 10.1. The van der Waals surface area contributed by atoms with Crippen molar-refractivity contribution in [3.8, 4) is 11.8 Å². The summed E-state index contributed by atoms with van der Waals surface area (Å²) in [6.45, 7) is 0.637. The molecule has 0 aliphatic carbocycles. The van der Waals surface area contributed by atoms with Crippen LogP contribution in [0.4, 0.5) is 5.69 Å². The second-order valence-electron chi connectivity index (χ2n) is 5.77. The van der Waals surface area contributed by atoms with E-state index in [1.54, 1.807) is 17.0 Å². The smallest absolute Gasteiger partial charge is 0.227 e. The van der Waals surface area contributed by atoms with Crippen LogP contribution in [0.2, 0.25) is 5.02 Å². The summed E-state index contributed by atoms with van der Waals surface area (Å²) in [5.41, 5.74) is 1.62. The van der Waals surface area contributed by atoms with E-state index >= 15 is 0 Å². The molecular formula is C20H17ClN2O2. The summed E-state index contributed by atoms with van der Waals surface area (Å²) in [6, 6.07) is 16.6. The van der Waals surface area contributed by atoms with Gasteiger partial charge in [0.2, 0.25) is 11.8 Å². The molecular weight excluding hydrogens is 336 g/mol. The molecule has 5 heteroatoms. The van der Waals surface area contributed by atoms with Gasteiger partial charge in [0.25, 0.3) is 0 Å². The van der Waals surface area contributed by atoms with E-state index in [1.807, 2.05) is 42.5 Å². The van der Waals surface area contributed by atoms with Gasteiger partial charge in [0.1, 0.15) is 0 Å². The van der Waals surface area contributed by atoms with Crippen molar-refractivity contribution in [2.75, 3.05) is 18.0 Å². The van der Waals surface area contributed by atoms with Gasteiger partial charge in [0.05, 0.1) is 12.5 Å². The van der Waals surface area contributed by atoms with E-state index < -0.39 is 0 Å². The first-order valence-corrected chi connectivity index (χ1v) is 8.39. The molecule has 1 heterocycles. The van der Waals surface area contributed by atoms with Gasteiger partial charge < -0.3 is 10.2 Å².